The molecule has 0 unspecified atom stereocenters. The lowest BCUT2D eigenvalue weighted by atomic mass is 10.2. The highest BCUT2D eigenvalue weighted by atomic mass is 79.9. The van der Waals surface area contributed by atoms with E-state index < -0.39 is 0 Å². The molecule has 0 spiro atoms. The first-order chi connectivity index (χ1) is 8.24. The van der Waals surface area contributed by atoms with Gasteiger partial charge in [-0.2, -0.15) is 5.26 Å². The lowest BCUT2D eigenvalue weighted by Crippen LogP contribution is -1.94. The Kier molecular flexibility index (Phi) is 3.35. The second-order valence-corrected chi connectivity index (χ2v) is 4.14. The van der Waals surface area contributed by atoms with Crippen molar-refractivity contribution >= 4 is 15.9 Å². The lowest BCUT2D eigenvalue weighted by molar-refractivity contribution is 0.416. The number of rotatable bonds is 2. The van der Waals surface area contributed by atoms with Gasteiger partial charge in [0.25, 0.3) is 0 Å². The molecule has 0 amide bonds. The number of methoxy groups -OCH3 is 1. The van der Waals surface area contributed by atoms with E-state index in [0.29, 0.717) is 17.3 Å². The monoisotopic (exact) mass is 289 g/mol. The number of aromatic nitrogens is 2. The van der Waals surface area contributed by atoms with E-state index >= 15 is 0 Å². The Morgan fingerprint density at radius 2 is 2.18 bits per heavy atom. The van der Waals surface area contributed by atoms with Crippen LogP contribution in [0, 0.1) is 11.3 Å². The first kappa shape index (κ1) is 11.6. The van der Waals surface area contributed by atoms with Crippen molar-refractivity contribution in [2.24, 2.45) is 0 Å². The van der Waals surface area contributed by atoms with Crippen molar-refractivity contribution in [3.05, 3.63) is 40.6 Å². The van der Waals surface area contributed by atoms with E-state index in [0.717, 1.165) is 10.0 Å². The summed E-state index contributed by atoms with van der Waals surface area (Å²) in [6, 6.07) is 9.10. The van der Waals surface area contributed by atoms with E-state index in [2.05, 4.69) is 25.9 Å². The van der Waals surface area contributed by atoms with Crippen molar-refractivity contribution in [2.75, 3.05) is 7.11 Å². The van der Waals surface area contributed by atoms with Crippen LogP contribution in [0.2, 0.25) is 0 Å². The molecule has 0 N–H and O–H groups in total. The van der Waals surface area contributed by atoms with Crippen LogP contribution in [-0.4, -0.2) is 17.1 Å². The van der Waals surface area contributed by atoms with Crippen molar-refractivity contribution in [1.29, 1.82) is 5.26 Å². The molecule has 0 fully saturated rings. The van der Waals surface area contributed by atoms with Crippen LogP contribution < -0.4 is 4.74 Å². The molecule has 0 aliphatic rings. The minimum absolute atomic E-state index is 0.331. The fourth-order valence-corrected chi connectivity index (χ4v) is 1.77. The number of ether oxygens (including phenoxy) is 1. The Labute approximate surface area is 107 Å². The summed E-state index contributed by atoms with van der Waals surface area (Å²) in [6.45, 7) is 0. The standard InChI is InChI=1S/C12H8BrN3O/c1-17-11-3-2-8(13)6-10(11)12-15-5-4-9(7-14)16-12/h2-6H,1H3. The number of nitrogens with zero attached hydrogens (tertiary/aromatic N) is 3. The molecule has 0 aliphatic carbocycles. The van der Waals surface area contributed by atoms with Gasteiger partial charge >= 0.3 is 0 Å². The zero-order chi connectivity index (χ0) is 12.3. The molecule has 0 saturated carbocycles. The second kappa shape index (κ2) is 4.93. The van der Waals surface area contributed by atoms with Crippen LogP contribution in [-0.2, 0) is 0 Å². The first-order valence-corrected chi connectivity index (χ1v) is 5.61. The van der Waals surface area contributed by atoms with E-state index in [1.165, 1.54) is 0 Å². The molecule has 1 aromatic heterocycles. The van der Waals surface area contributed by atoms with Crippen molar-refractivity contribution < 1.29 is 4.74 Å². The van der Waals surface area contributed by atoms with Crippen LogP contribution in [0.3, 0.4) is 0 Å². The van der Waals surface area contributed by atoms with Crippen molar-refractivity contribution in [2.45, 2.75) is 0 Å². The quantitative estimate of drug-likeness (QED) is 0.853. The molecule has 2 aromatic rings. The van der Waals surface area contributed by atoms with E-state index in [4.69, 9.17) is 10.00 Å². The van der Waals surface area contributed by atoms with E-state index in [1.54, 1.807) is 19.4 Å². The summed E-state index contributed by atoms with van der Waals surface area (Å²) in [6.07, 6.45) is 1.56. The van der Waals surface area contributed by atoms with Gasteiger partial charge in [0, 0.05) is 10.7 Å². The van der Waals surface area contributed by atoms with Gasteiger partial charge in [0.2, 0.25) is 0 Å². The molecule has 0 radical (unpaired) electrons. The molecule has 2 rings (SSSR count). The summed E-state index contributed by atoms with van der Waals surface area (Å²) in [5.74, 6) is 1.14. The van der Waals surface area contributed by atoms with Crippen molar-refractivity contribution in [3.8, 4) is 23.2 Å². The zero-order valence-corrected chi connectivity index (χ0v) is 10.6. The molecule has 0 bridgehead atoms. The molecule has 84 valence electrons. The maximum Gasteiger partial charge on any atom is 0.164 e. The minimum Gasteiger partial charge on any atom is -0.496 e. The fraction of sp³-hybridized carbons (Fsp3) is 0.0833. The normalized spacial score (nSPS) is 9.71. The molecule has 5 heteroatoms. The smallest absolute Gasteiger partial charge is 0.164 e. The van der Waals surface area contributed by atoms with Crippen LogP contribution in [0.4, 0.5) is 0 Å². The summed E-state index contributed by atoms with van der Waals surface area (Å²) >= 11 is 3.38. The molecule has 1 heterocycles. The number of halogens is 1. The number of benzene rings is 1. The Balaban J connectivity index is 2.59. The third-order valence-electron chi connectivity index (χ3n) is 2.17. The van der Waals surface area contributed by atoms with E-state index in [-0.39, 0.29) is 0 Å². The van der Waals surface area contributed by atoms with Crippen molar-refractivity contribution in [1.82, 2.24) is 9.97 Å². The van der Waals surface area contributed by atoms with Gasteiger partial charge in [0.15, 0.2) is 5.82 Å². The van der Waals surface area contributed by atoms with Crippen LogP contribution in [0.1, 0.15) is 5.69 Å². The topological polar surface area (TPSA) is 58.8 Å². The van der Waals surface area contributed by atoms with Gasteiger partial charge in [-0.15, -0.1) is 0 Å². The van der Waals surface area contributed by atoms with Crippen LogP contribution in [0.15, 0.2) is 34.9 Å². The molecule has 1 aromatic carbocycles. The van der Waals surface area contributed by atoms with Gasteiger partial charge < -0.3 is 4.74 Å². The molecule has 0 atom stereocenters. The average molecular weight is 290 g/mol. The number of hydrogen-bond donors (Lipinski definition) is 0. The highest BCUT2D eigenvalue weighted by molar-refractivity contribution is 9.10. The SMILES string of the molecule is COc1ccc(Br)cc1-c1nccc(C#N)n1. The highest BCUT2D eigenvalue weighted by Gasteiger charge is 2.09. The van der Waals surface area contributed by atoms with Gasteiger partial charge in [-0.1, -0.05) is 15.9 Å². The Bertz CT molecular complexity index is 593. The maximum absolute atomic E-state index is 8.81. The average Bonchev–Trinajstić information content (AvgIpc) is 2.39. The Morgan fingerprint density at radius 3 is 2.88 bits per heavy atom. The summed E-state index contributed by atoms with van der Waals surface area (Å²) in [4.78, 5) is 8.28. The largest absolute Gasteiger partial charge is 0.496 e. The van der Waals surface area contributed by atoms with Crippen LogP contribution >= 0.6 is 15.9 Å². The third kappa shape index (κ3) is 2.43. The van der Waals surface area contributed by atoms with E-state index in [9.17, 15) is 0 Å². The summed E-state index contributed by atoms with van der Waals surface area (Å²) in [7, 11) is 1.58. The van der Waals surface area contributed by atoms with Gasteiger partial charge in [-0.3, -0.25) is 0 Å². The Morgan fingerprint density at radius 1 is 1.35 bits per heavy atom. The summed E-state index contributed by atoms with van der Waals surface area (Å²) < 4.78 is 6.15. The predicted octanol–water partition coefficient (Wildman–Crippen LogP) is 2.79. The third-order valence-corrected chi connectivity index (χ3v) is 2.67. The number of nitriles is 1. The molecule has 0 aliphatic heterocycles. The van der Waals surface area contributed by atoms with Gasteiger partial charge in [0.05, 0.1) is 12.7 Å². The fourth-order valence-electron chi connectivity index (χ4n) is 1.41. The maximum atomic E-state index is 8.81. The van der Waals surface area contributed by atoms with Gasteiger partial charge in [0.1, 0.15) is 17.5 Å². The van der Waals surface area contributed by atoms with E-state index in [1.807, 2.05) is 24.3 Å². The summed E-state index contributed by atoms with van der Waals surface area (Å²) in [5.41, 5.74) is 1.08. The zero-order valence-electron chi connectivity index (χ0n) is 9.01. The first-order valence-electron chi connectivity index (χ1n) is 4.81. The highest BCUT2D eigenvalue weighted by Crippen LogP contribution is 2.30. The molecular weight excluding hydrogens is 282 g/mol. The molecule has 4 nitrogen and oxygen atoms in total. The second-order valence-electron chi connectivity index (χ2n) is 3.22. The lowest BCUT2D eigenvalue weighted by Gasteiger charge is -2.07. The van der Waals surface area contributed by atoms with Crippen LogP contribution in [0.25, 0.3) is 11.4 Å². The minimum atomic E-state index is 0.331. The molecule has 0 saturated heterocycles. The van der Waals surface area contributed by atoms with Gasteiger partial charge in [-0.25, -0.2) is 9.97 Å². The molecule has 17 heavy (non-hydrogen) atoms. The predicted molar refractivity (Wildman–Crippen MR) is 66.4 cm³/mol. The Hall–Kier alpha value is -1.93. The number of hydrogen-bond acceptors (Lipinski definition) is 4. The molecular formula is C12H8BrN3O. The van der Waals surface area contributed by atoms with Crippen LogP contribution in [0.5, 0.6) is 5.75 Å². The van der Waals surface area contributed by atoms with Crippen molar-refractivity contribution in [3.63, 3.8) is 0 Å². The summed E-state index contributed by atoms with van der Waals surface area (Å²) in [5, 5.41) is 8.81. The van der Waals surface area contributed by atoms with Gasteiger partial charge in [-0.05, 0) is 24.3 Å².